The second-order valence-electron chi connectivity index (χ2n) is 3.76. The van der Waals surface area contributed by atoms with Crippen LogP contribution < -0.4 is 0 Å². The van der Waals surface area contributed by atoms with Crippen LogP contribution in [0.25, 0.3) is 11.3 Å². The lowest BCUT2D eigenvalue weighted by atomic mass is 10.1. The Morgan fingerprint density at radius 2 is 2.17 bits per heavy atom. The molecule has 0 saturated carbocycles. The van der Waals surface area contributed by atoms with E-state index in [1.807, 2.05) is 0 Å². The van der Waals surface area contributed by atoms with Crippen molar-refractivity contribution in [3.8, 4) is 11.3 Å². The number of aryl methyl sites for hydroxylation is 1. The molecule has 0 spiro atoms. The van der Waals surface area contributed by atoms with Crippen LogP contribution in [0.2, 0.25) is 0 Å². The lowest BCUT2D eigenvalue weighted by molar-refractivity contribution is -0.137. The standard InChI is InChI=1S/C12H10F2N2O2/c13-8-1-2-9(10(14)5-8)11-6-16(7-15-11)4-3-12(17)18/h1-2,5-7H,3-4H2,(H,17,18). The minimum Gasteiger partial charge on any atom is -0.481 e. The lowest BCUT2D eigenvalue weighted by Crippen LogP contribution is -2.02. The molecule has 0 radical (unpaired) electrons. The number of imidazole rings is 1. The zero-order chi connectivity index (χ0) is 13.1. The summed E-state index contributed by atoms with van der Waals surface area (Å²) in [6, 6.07) is 3.23. The third-order valence-electron chi connectivity index (χ3n) is 2.42. The molecule has 2 aromatic rings. The molecule has 94 valence electrons. The molecule has 0 bridgehead atoms. The van der Waals surface area contributed by atoms with E-state index in [0.29, 0.717) is 5.69 Å². The second-order valence-corrected chi connectivity index (χ2v) is 3.76. The summed E-state index contributed by atoms with van der Waals surface area (Å²) in [6.07, 6.45) is 2.90. The van der Waals surface area contributed by atoms with Crippen molar-refractivity contribution in [3.63, 3.8) is 0 Å². The fraction of sp³-hybridized carbons (Fsp3) is 0.167. The van der Waals surface area contributed by atoms with Crippen LogP contribution in [0.3, 0.4) is 0 Å². The highest BCUT2D eigenvalue weighted by molar-refractivity contribution is 5.66. The topological polar surface area (TPSA) is 55.1 Å². The minimum absolute atomic E-state index is 0.0400. The Kier molecular flexibility index (Phi) is 3.36. The number of rotatable bonds is 4. The van der Waals surface area contributed by atoms with Crippen molar-refractivity contribution in [1.82, 2.24) is 9.55 Å². The summed E-state index contributed by atoms with van der Waals surface area (Å²) >= 11 is 0. The number of carboxylic acids is 1. The van der Waals surface area contributed by atoms with Crippen LogP contribution in [-0.4, -0.2) is 20.6 Å². The molecule has 6 heteroatoms. The Morgan fingerprint density at radius 3 is 2.83 bits per heavy atom. The molecule has 0 unspecified atom stereocenters. The van der Waals surface area contributed by atoms with Crippen LogP contribution in [0.4, 0.5) is 8.78 Å². The first-order chi connectivity index (χ1) is 8.56. The number of aliphatic carboxylic acids is 1. The van der Waals surface area contributed by atoms with Gasteiger partial charge in [0, 0.05) is 24.4 Å². The highest BCUT2D eigenvalue weighted by atomic mass is 19.1. The molecule has 1 heterocycles. The molecule has 18 heavy (non-hydrogen) atoms. The van der Waals surface area contributed by atoms with Crippen molar-refractivity contribution in [2.75, 3.05) is 0 Å². The van der Waals surface area contributed by atoms with Gasteiger partial charge in [0.15, 0.2) is 0 Å². The molecule has 0 atom stereocenters. The fourth-order valence-electron chi connectivity index (χ4n) is 1.54. The van der Waals surface area contributed by atoms with Gasteiger partial charge in [-0.25, -0.2) is 13.8 Å². The van der Waals surface area contributed by atoms with Gasteiger partial charge in [-0.05, 0) is 12.1 Å². The molecular formula is C12H10F2N2O2. The van der Waals surface area contributed by atoms with Gasteiger partial charge in [0.1, 0.15) is 11.6 Å². The molecule has 0 aliphatic heterocycles. The SMILES string of the molecule is O=C(O)CCn1cnc(-c2ccc(F)cc2F)c1. The van der Waals surface area contributed by atoms with Crippen molar-refractivity contribution >= 4 is 5.97 Å². The van der Waals surface area contributed by atoms with E-state index in [1.54, 1.807) is 4.57 Å². The predicted octanol–water partition coefficient (Wildman–Crippen LogP) is 2.30. The van der Waals surface area contributed by atoms with E-state index >= 15 is 0 Å². The van der Waals surface area contributed by atoms with Crippen LogP contribution in [0.5, 0.6) is 0 Å². The number of hydrogen-bond donors (Lipinski definition) is 1. The van der Waals surface area contributed by atoms with Crippen LogP contribution in [0, 0.1) is 11.6 Å². The number of hydrogen-bond acceptors (Lipinski definition) is 2. The molecule has 1 aromatic heterocycles. The van der Waals surface area contributed by atoms with Crippen LogP contribution in [0.1, 0.15) is 6.42 Å². The second kappa shape index (κ2) is 4.95. The summed E-state index contributed by atoms with van der Waals surface area (Å²) in [7, 11) is 0. The molecule has 0 amide bonds. The Hall–Kier alpha value is -2.24. The Bertz CT molecular complexity index is 581. The average Bonchev–Trinajstić information content (AvgIpc) is 2.75. The molecule has 4 nitrogen and oxygen atoms in total. The quantitative estimate of drug-likeness (QED) is 0.908. The molecule has 1 aromatic carbocycles. The van der Waals surface area contributed by atoms with E-state index in [0.717, 1.165) is 12.1 Å². The van der Waals surface area contributed by atoms with Gasteiger partial charge in [0.05, 0.1) is 18.4 Å². The van der Waals surface area contributed by atoms with Crippen molar-refractivity contribution in [3.05, 3.63) is 42.4 Å². The number of carboxylic acid groups (broad SMARTS) is 1. The van der Waals surface area contributed by atoms with Gasteiger partial charge in [-0.1, -0.05) is 0 Å². The summed E-state index contributed by atoms with van der Waals surface area (Å²) < 4.78 is 27.8. The summed E-state index contributed by atoms with van der Waals surface area (Å²) in [5, 5.41) is 8.54. The normalized spacial score (nSPS) is 10.6. The highest BCUT2D eigenvalue weighted by Crippen LogP contribution is 2.21. The van der Waals surface area contributed by atoms with E-state index in [1.165, 1.54) is 18.6 Å². The number of nitrogens with zero attached hydrogens (tertiary/aromatic N) is 2. The first-order valence-corrected chi connectivity index (χ1v) is 5.25. The molecule has 2 rings (SSSR count). The third-order valence-corrected chi connectivity index (χ3v) is 2.42. The summed E-state index contributed by atoms with van der Waals surface area (Å²) in [5.41, 5.74) is 0.531. The summed E-state index contributed by atoms with van der Waals surface area (Å²) in [6.45, 7) is 0.255. The van der Waals surface area contributed by atoms with Crippen LogP contribution >= 0.6 is 0 Å². The molecule has 0 fully saturated rings. The Labute approximate surface area is 102 Å². The van der Waals surface area contributed by atoms with Crippen LogP contribution in [-0.2, 0) is 11.3 Å². The van der Waals surface area contributed by atoms with E-state index < -0.39 is 17.6 Å². The number of halogens is 2. The van der Waals surface area contributed by atoms with Gasteiger partial charge < -0.3 is 9.67 Å². The van der Waals surface area contributed by atoms with E-state index in [9.17, 15) is 13.6 Å². The predicted molar refractivity (Wildman–Crippen MR) is 59.8 cm³/mol. The molecular weight excluding hydrogens is 242 g/mol. The summed E-state index contributed by atoms with van der Waals surface area (Å²) in [5.74, 6) is -2.27. The van der Waals surface area contributed by atoms with Crippen molar-refractivity contribution < 1.29 is 18.7 Å². The fourth-order valence-corrected chi connectivity index (χ4v) is 1.54. The maximum atomic E-state index is 13.5. The smallest absolute Gasteiger partial charge is 0.305 e. The highest BCUT2D eigenvalue weighted by Gasteiger charge is 2.09. The van der Waals surface area contributed by atoms with Crippen molar-refractivity contribution in [1.29, 1.82) is 0 Å². The molecule has 0 saturated heterocycles. The third kappa shape index (κ3) is 2.71. The zero-order valence-corrected chi connectivity index (χ0v) is 9.31. The van der Waals surface area contributed by atoms with E-state index in [2.05, 4.69) is 4.98 Å². The van der Waals surface area contributed by atoms with Crippen molar-refractivity contribution in [2.24, 2.45) is 0 Å². The van der Waals surface area contributed by atoms with Gasteiger partial charge in [0.2, 0.25) is 0 Å². The number of benzene rings is 1. The lowest BCUT2D eigenvalue weighted by Gasteiger charge is -1.99. The zero-order valence-electron chi connectivity index (χ0n) is 9.31. The Balaban J connectivity index is 2.21. The number of aromatic nitrogens is 2. The molecule has 0 aliphatic carbocycles. The first kappa shape index (κ1) is 12.2. The van der Waals surface area contributed by atoms with Gasteiger partial charge in [-0.2, -0.15) is 0 Å². The van der Waals surface area contributed by atoms with Gasteiger partial charge in [0.25, 0.3) is 0 Å². The largest absolute Gasteiger partial charge is 0.481 e. The first-order valence-electron chi connectivity index (χ1n) is 5.25. The maximum absolute atomic E-state index is 13.5. The monoisotopic (exact) mass is 252 g/mol. The summed E-state index contributed by atoms with van der Waals surface area (Å²) in [4.78, 5) is 14.4. The van der Waals surface area contributed by atoms with Gasteiger partial charge >= 0.3 is 5.97 Å². The van der Waals surface area contributed by atoms with E-state index in [4.69, 9.17) is 5.11 Å². The Morgan fingerprint density at radius 1 is 1.39 bits per heavy atom. The van der Waals surface area contributed by atoms with Crippen LogP contribution in [0.15, 0.2) is 30.7 Å². The maximum Gasteiger partial charge on any atom is 0.305 e. The molecule has 0 aliphatic rings. The number of carbonyl (C=O) groups is 1. The van der Waals surface area contributed by atoms with Crippen molar-refractivity contribution in [2.45, 2.75) is 13.0 Å². The minimum atomic E-state index is -0.918. The van der Waals surface area contributed by atoms with Gasteiger partial charge in [-0.3, -0.25) is 4.79 Å². The molecule has 1 N–H and O–H groups in total. The van der Waals surface area contributed by atoms with E-state index in [-0.39, 0.29) is 18.5 Å². The van der Waals surface area contributed by atoms with Gasteiger partial charge in [-0.15, -0.1) is 0 Å². The average molecular weight is 252 g/mol.